The van der Waals surface area contributed by atoms with E-state index in [2.05, 4.69) is 10.3 Å². The Morgan fingerprint density at radius 1 is 0.732 bits per heavy atom. The first-order valence-electron chi connectivity index (χ1n) is 17.5. The summed E-state index contributed by atoms with van der Waals surface area (Å²) in [5.41, 5.74) is 2.52. The molecule has 5 N–H and O–H groups in total. The second kappa shape index (κ2) is 25.0. The predicted molar refractivity (Wildman–Crippen MR) is 193 cm³/mol. The molecule has 4 rings (SSSR count). The van der Waals surface area contributed by atoms with E-state index >= 15 is 0 Å². The summed E-state index contributed by atoms with van der Waals surface area (Å²) in [7, 11) is 3.01. The number of halogens is 2. The van der Waals surface area contributed by atoms with Gasteiger partial charge in [0.25, 0.3) is 5.91 Å². The van der Waals surface area contributed by atoms with Crippen molar-refractivity contribution in [3.05, 3.63) is 113 Å². The summed E-state index contributed by atoms with van der Waals surface area (Å²) in [6.07, 6.45) is 4.76. The van der Waals surface area contributed by atoms with Crippen molar-refractivity contribution >= 4 is 29.8 Å². The van der Waals surface area contributed by atoms with Gasteiger partial charge in [-0.15, -0.1) is 0 Å². The van der Waals surface area contributed by atoms with Crippen LogP contribution in [0.3, 0.4) is 0 Å². The predicted octanol–water partition coefficient (Wildman–Crippen LogP) is -1.35. The number of carboxylic acids is 4. The topological polar surface area (TPSA) is 224 Å². The molecule has 0 atom stereocenters. The maximum absolute atomic E-state index is 13.5. The van der Waals surface area contributed by atoms with Crippen molar-refractivity contribution in [3.63, 3.8) is 0 Å². The lowest BCUT2D eigenvalue weighted by molar-refractivity contribution is -1.01. The molecule has 2 heterocycles. The summed E-state index contributed by atoms with van der Waals surface area (Å²) in [5.74, 6) is -5.52. The van der Waals surface area contributed by atoms with Crippen LogP contribution in [-0.4, -0.2) is 105 Å². The number of amides is 1. The molecular formula is C39H46F2N4O11. The molecule has 3 aromatic rings. The molecule has 1 aromatic heterocycles. The summed E-state index contributed by atoms with van der Waals surface area (Å²) in [6.45, 7) is 7.16. The molecule has 17 heteroatoms. The van der Waals surface area contributed by atoms with E-state index in [1.165, 1.54) is 38.5 Å². The zero-order valence-electron chi connectivity index (χ0n) is 31.0. The van der Waals surface area contributed by atoms with Gasteiger partial charge in [0.1, 0.15) is 43.4 Å². The number of hydrogen-bond donors (Lipinski definition) is 5. The number of piperazine rings is 1. The van der Waals surface area contributed by atoms with Crippen molar-refractivity contribution in [2.75, 3.05) is 60.0 Å². The summed E-state index contributed by atoms with van der Waals surface area (Å²) in [6, 6.07) is 16.7. The van der Waals surface area contributed by atoms with Crippen molar-refractivity contribution in [1.82, 2.24) is 10.3 Å². The molecule has 0 unspecified atom stereocenters. The second-order valence-corrected chi connectivity index (χ2v) is 12.3. The number of ether oxygens (including phenoxy) is 2. The van der Waals surface area contributed by atoms with E-state index in [4.69, 9.17) is 19.7 Å². The lowest BCUT2D eigenvalue weighted by Gasteiger charge is -2.30. The number of carboxylic acid groups (broad SMARTS) is 4. The first-order chi connectivity index (χ1) is 26.7. The molecule has 302 valence electrons. The van der Waals surface area contributed by atoms with E-state index in [-0.39, 0.29) is 29.3 Å². The lowest BCUT2D eigenvalue weighted by Crippen LogP contribution is -3.28. The normalized spacial score (nSPS) is 14.9. The van der Waals surface area contributed by atoms with Crippen molar-refractivity contribution in [2.24, 2.45) is 0 Å². The molecule has 0 spiro atoms. The Kier molecular flexibility index (Phi) is 20.5. The van der Waals surface area contributed by atoms with Crippen LogP contribution in [0.2, 0.25) is 0 Å². The lowest BCUT2D eigenvalue weighted by atomic mass is 9.87. The number of aliphatic carboxylic acids is 4. The minimum atomic E-state index is -1.51. The average Bonchev–Trinajstić information content (AvgIpc) is 3.18. The van der Waals surface area contributed by atoms with Crippen LogP contribution >= 0.6 is 0 Å². The smallest absolute Gasteiger partial charge is 0.328 e. The van der Waals surface area contributed by atoms with Crippen molar-refractivity contribution in [2.45, 2.75) is 25.2 Å². The largest absolute Gasteiger partial charge is 0.545 e. The van der Waals surface area contributed by atoms with Crippen LogP contribution in [0.4, 0.5) is 8.78 Å². The summed E-state index contributed by atoms with van der Waals surface area (Å²) < 4.78 is 37.3. The highest BCUT2D eigenvalue weighted by molar-refractivity contribution is 5.96. The van der Waals surface area contributed by atoms with Crippen LogP contribution < -0.4 is 34.8 Å². The fourth-order valence-corrected chi connectivity index (χ4v) is 5.71. The molecule has 0 aliphatic carbocycles. The summed E-state index contributed by atoms with van der Waals surface area (Å²) in [4.78, 5) is 57.8. The molecular weight excluding hydrogens is 738 g/mol. The first kappa shape index (κ1) is 46.0. The van der Waals surface area contributed by atoms with Gasteiger partial charge in [-0.05, 0) is 66.5 Å². The SMILES string of the molecule is COc1ccc(C(=O)NCCC[NH+]2CC[NH+](CCCC(c3ccc(F)cc3)c3ccc(F)cc3)CC2)c(OC)n1.O=C([O-])/C=C\C(=O)O.O=C([O-])/C=C\C(=O)O. The van der Waals surface area contributed by atoms with E-state index in [0.717, 1.165) is 69.7 Å². The molecule has 0 bridgehead atoms. The number of quaternary nitrogens is 2. The number of pyridine rings is 1. The molecule has 1 saturated heterocycles. The third kappa shape index (κ3) is 18.2. The van der Waals surface area contributed by atoms with Gasteiger partial charge in [0, 0.05) is 37.1 Å². The third-order valence-electron chi connectivity index (χ3n) is 8.43. The average molecular weight is 785 g/mol. The molecule has 1 aliphatic rings. The Morgan fingerprint density at radius 3 is 1.59 bits per heavy atom. The van der Waals surface area contributed by atoms with Crippen LogP contribution in [0.25, 0.3) is 0 Å². The summed E-state index contributed by atoms with van der Waals surface area (Å²) >= 11 is 0. The number of carbonyl (C=O) groups is 5. The van der Waals surface area contributed by atoms with E-state index in [1.54, 1.807) is 21.9 Å². The second-order valence-electron chi connectivity index (χ2n) is 12.3. The molecule has 1 aliphatic heterocycles. The van der Waals surface area contributed by atoms with E-state index < -0.39 is 23.9 Å². The quantitative estimate of drug-likeness (QED) is 0.0792. The van der Waals surface area contributed by atoms with Gasteiger partial charge in [0.05, 0.1) is 39.2 Å². The number of rotatable bonds is 17. The van der Waals surface area contributed by atoms with Crippen LogP contribution in [0.1, 0.15) is 46.7 Å². The minimum Gasteiger partial charge on any atom is -0.545 e. The Balaban J connectivity index is 0.000000566. The molecule has 15 nitrogen and oxygen atoms in total. The number of benzene rings is 2. The van der Waals surface area contributed by atoms with Gasteiger partial charge in [-0.2, -0.15) is 4.98 Å². The maximum Gasteiger partial charge on any atom is 0.328 e. The van der Waals surface area contributed by atoms with E-state index in [1.807, 2.05) is 24.3 Å². The Bertz CT molecular complexity index is 1670. The van der Waals surface area contributed by atoms with Gasteiger partial charge in [0.15, 0.2) is 0 Å². The van der Waals surface area contributed by atoms with E-state index in [9.17, 15) is 43.0 Å². The molecule has 1 amide bonds. The number of nitrogens with zero attached hydrogens (tertiary/aromatic N) is 1. The molecule has 56 heavy (non-hydrogen) atoms. The fraction of sp³-hybridized carbons (Fsp3) is 0.333. The molecule has 0 radical (unpaired) electrons. The number of hydrogen-bond acceptors (Lipinski definition) is 10. The van der Waals surface area contributed by atoms with Gasteiger partial charge in [0.2, 0.25) is 11.8 Å². The number of methoxy groups -OCH3 is 2. The van der Waals surface area contributed by atoms with Gasteiger partial charge < -0.3 is 54.6 Å². The third-order valence-corrected chi connectivity index (χ3v) is 8.43. The highest BCUT2D eigenvalue weighted by atomic mass is 19.1. The van der Waals surface area contributed by atoms with Crippen LogP contribution in [-0.2, 0) is 19.2 Å². The van der Waals surface area contributed by atoms with Crippen LogP contribution in [0.5, 0.6) is 11.8 Å². The zero-order chi connectivity index (χ0) is 41.5. The Morgan fingerprint density at radius 2 is 1.20 bits per heavy atom. The van der Waals surface area contributed by atoms with Crippen molar-refractivity contribution in [1.29, 1.82) is 0 Å². The fourth-order valence-electron chi connectivity index (χ4n) is 5.71. The van der Waals surface area contributed by atoms with Gasteiger partial charge in [-0.3, -0.25) is 4.79 Å². The highest BCUT2D eigenvalue weighted by Gasteiger charge is 2.23. The molecule has 2 aromatic carbocycles. The van der Waals surface area contributed by atoms with Crippen LogP contribution in [0.15, 0.2) is 85.0 Å². The van der Waals surface area contributed by atoms with Gasteiger partial charge in [-0.25, -0.2) is 18.4 Å². The molecule has 0 saturated carbocycles. The monoisotopic (exact) mass is 784 g/mol. The highest BCUT2D eigenvalue weighted by Crippen LogP contribution is 2.29. The first-order valence-corrected chi connectivity index (χ1v) is 17.5. The summed E-state index contributed by atoms with van der Waals surface area (Å²) in [5, 5.41) is 37.4. The number of aromatic nitrogens is 1. The number of carbonyl (C=O) groups excluding carboxylic acids is 3. The Labute approximate surface area is 322 Å². The van der Waals surface area contributed by atoms with E-state index in [0.29, 0.717) is 42.3 Å². The maximum atomic E-state index is 13.5. The zero-order valence-corrected chi connectivity index (χ0v) is 31.0. The molecule has 1 fully saturated rings. The van der Waals surface area contributed by atoms with Crippen molar-refractivity contribution < 1.29 is 72.5 Å². The Hall–Kier alpha value is -6.20. The van der Waals surface area contributed by atoms with Gasteiger partial charge in [-0.1, -0.05) is 24.3 Å². The van der Waals surface area contributed by atoms with Gasteiger partial charge >= 0.3 is 11.9 Å². The number of nitrogens with one attached hydrogen (secondary N) is 3. The minimum absolute atomic E-state index is 0.122. The van der Waals surface area contributed by atoms with Crippen molar-refractivity contribution in [3.8, 4) is 11.8 Å². The standard InChI is InChI=1S/C31H38F2N4O3.2C4H4O4/c1-39-29-15-14-28(31(35-29)40-2)30(38)34-16-4-18-37-21-19-36(20-22-37)17-3-5-27(23-6-10-25(32)11-7-23)24-8-12-26(33)13-9-24;2*5-3(6)1-2-4(7)8/h6-15,27H,3-5,16-22H2,1-2H3,(H,34,38);2*1-2H,(H,5,6)(H,7,8)/b;2*2-1-. The van der Waals surface area contributed by atoms with Crippen LogP contribution in [0, 0.1) is 11.6 Å².